The number of aryl methyl sites for hydroxylation is 1. The maximum Gasteiger partial charge on any atom is 0.223 e. The third-order valence-corrected chi connectivity index (χ3v) is 5.53. The van der Waals surface area contributed by atoms with Crippen LogP contribution in [0.5, 0.6) is 0 Å². The summed E-state index contributed by atoms with van der Waals surface area (Å²) >= 11 is 3.32. The van der Waals surface area contributed by atoms with Crippen molar-refractivity contribution >= 4 is 28.6 Å². The van der Waals surface area contributed by atoms with Gasteiger partial charge >= 0.3 is 0 Å². The van der Waals surface area contributed by atoms with E-state index in [2.05, 4.69) is 34.1 Å². The lowest BCUT2D eigenvalue weighted by molar-refractivity contribution is -0.123. The van der Waals surface area contributed by atoms with E-state index < -0.39 is 0 Å². The summed E-state index contributed by atoms with van der Waals surface area (Å²) in [5, 5.41) is 10.5. The smallest absolute Gasteiger partial charge is 0.223 e. The molecule has 0 saturated heterocycles. The van der Waals surface area contributed by atoms with E-state index in [9.17, 15) is 4.79 Å². The Morgan fingerprint density at radius 2 is 2.35 bits per heavy atom. The maximum absolute atomic E-state index is 12.2. The molecule has 1 saturated carbocycles. The standard InChI is InChI=1S/C15H18N2OS2/c1-9-5-12(9)14(18)17-13(6-11-3-4-19-8-11)15-16-10(2)7-20-15/h3-4,7-9,12-13H,5-6H2,1-2H3,(H,17,18)/t9-,12-,13+/m1/s1. The minimum Gasteiger partial charge on any atom is -0.346 e. The lowest BCUT2D eigenvalue weighted by Gasteiger charge is -2.16. The fraction of sp³-hybridized carbons (Fsp3) is 0.467. The van der Waals surface area contributed by atoms with Gasteiger partial charge in [-0.2, -0.15) is 11.3 Å². The first-order chi connectivity index (χ1) is 9.63. The SMILES string of the molecule is Cc1csc([C@H](Cc2ccsc2)NC(=O)[C@@H]2C[C@H]2C)n1. The average molecular weight is 306 g/mol. The number of thiazole rings is 1. The molecule has 1 fully saturated rings. The number of aromatic nitrogens is 1. The van der Waals surface area contributed by atoms with Gasteiger partial charge in [-0.3, -0.25) is 4.79 Å². The van der Waals surface area contributed by atoms with Gasteiger partial charge in [-0.15, -0.1) is 11.3 Å². The summed E-state index contributed by atoms with van der Waals surface area (Å²) in [6.45, 7) is 4.12. The second-order valence-electron chi connectivity index (χ2n) is 5.54. The zero-order valence-corrected chi connectivity index (χ0v) is 13.3. The molecule has 1 aliphatic carbocycles. The highest BCUT2D eigenvalue weighted by molar-refractivity contribution is 7.09. The molecule has 5 heteroatoms. The van der Waals surface area contributed by atoms with Crippen LogP contribution in [0.2, 0.25) is 0 Å². The predicted octanol–water partition coefficient (Wildman–Crippen LogP) is 3.57. The summed E-state index contributed by atoms with van der Waals surface area (Å²) in [4.78, 5) is 16.8. The topological polar surface area (TPSA) is 42.0 Å². The molecule has 2 aromatic rings. The fourth-order valence-corrected chi connectivity index (χ4v) is 3.87. The molecule has 0 aromatic carbocycles. The van der Waals surface area contributed by atoms with E-state index in [1.165, 1.54) is 5.56 Å². The number of nitrogens with one attached hydrogen (secondary N) is 1. The number of thiophene rings is 1. The van der Waals surface area contributed by atoms with Crippen LogP contribution in [0.1, 0.15) is 35.7 Å². The van der Waals surface area contributed by atoms with Gasteiger partial charge in [0.1, 0.15) is 5.01 Å². The van der Waals surface area contributed by atoms with Crippen LogP contribution < -0.4 is 5.32 Å². The first-order valence-electron chi connectivity index (χ1n) is 6.87. The first kappa shape index (κ1) is 13.8. The molecule has 1 aliphatic rings. The van der Waals surface area contributed by atoms with E-state index in [-0.39, 0.29) is 17.9 Å². The van der Waals surface area contributed by atoms with Crippen molar-refractivity contribution < 1.29 is 4.79 Å². The molecule has 1 N–H and O–H groups in total. The Bertz CT molecular complexity index is 591. The van der Waals surface area contributed by atoms with Crippen LogP contribution >= 0.6 is 22.7 Å². The summed E-state index contributed by atoms with van der Waals surface area (Å²) in [7, 11) is 0. The lowest BCUT2D eigenvalue weighted by Crippen LogP contribution is -2.31. The Labute approximate surface area is 127 Å². The highest BCUT2D eigenvalue weighted by Gasteiger charge is 2.40. The zero-order chi connectivity index (χ0) is 14.1. The highest BCUT2D eigenvalue weighted by atomic mass is 32.1. The van der Waals surface area contributed by atoms with Gasteiger partial charge in [-0.25, -0.2) is 4.98 Å². The van der Waals surface area contributed by atoms with Crippen LogP contribution in [0.4, 0.5) is 0 Å². The minimum atomic E-state index is 0.00333. The van der Waals surface area contributed by atoms with Gasteiger partial charge < -0.3 is 5.32 Å². The van der Waals surface area contributed by atoms with E-state index in [0.29, 0.717) is 5.92 Å². The van der Waals surface area contributed by atoms with E-state index in [0.717, 1.165) is 23.5 Å². The number of amides is 1. The van der Waals surface area contributed by atoms with Gasteiger partial charge in [-0.05, 0) is 41.7 Å². The number of hydrogen-bond donors (Lipinski definition) is 1. The molecule has 20 heavy (non-hydrogen) atoms. The van der Waals surface area contributed by atoms with E-state index >= 15 is 0 Å². The Kier molecular flexibility index (Phi) is 3.89. The number of carbonyl (C=O) groups is 1. The number of hydrogen-bond acceptors (Lipinski definition) is 4. The molecule has 0 unspecified atom stereocenters. The van der Waals surface area contributed by atoms with Crippen LogP contribution in [0.15, 0.2) is 22.2 Å². The average Bonchev–Trinajstić information content (AvgIpc) is 2.83. The molecule has 2 aromatic heterocycles. The van der Waals surface area contributed by atoms with Crippen molar-refractivity contribution in [3.05, 3.63) is 38.5 Å². The lowest BCUT2D eigenvalue weighted by atomic mass is 10.1. The number of nitrogens with zero attached hydrogens (tertiary/aromatic N) is 1. The van der Waals surface area contributed by atoms with E-state index in [1.807, 2.05) is 12.3 Å². The molecule has 2 heterocycles. The van der Waals surface area contributed by atoms with Crippen molar-refractivity contribution in [2.24, 2.45) is 11.8 Å². The minimum absolute atomic E-state index is 0.00333. The third kappa shape index (κ3) is 3.10. The third-order valence-electron chi connectivity index (χ3n) is 3.72. The normalized spacial score (nSPS) is 22.5. The summed E-state index contributed by atoms with van der Waals surface area (Å²) in [6, 6.07) is 2.12. The van der Waals surface area contributed by atoms with Gasteiger partial charge in [0.15, 0.2) is 0 Å². The Morgan fingerprint density at radius 3 is 2.90 bits per heavy atom. The first-order valence-corrected chi connectivity index (χ1v) is 8.69. The van der Waals surface area contributed by atoms with Crippen molar-refractivity contribution in [2.75, 3.05) is 0 Å². The Balaban J connectivity index is 1.74. The summed E-state index contributed by atoms with van der Waals surface area (Å²) in [5.74, 6) is 0.932. The van der Waals surface area contributed by atoms with E-state index in [1.54, 1.807) is 22.7 Å². The predicted molar refractivity (Wildman–Crippen MR) is 83.0 cm³/mol. The van der Waals surface area contributed by atoms with Crippen molar-refractivity contribution in [1.82, 2.24) is 10.3 Å². The van der Waals surface area contributed by atoms with Crippen LogP contribution in [0.25, 0.3) is 0 Å². The van der Waals surface area contributed by atoms with Crippen LogP contribution in [-0.2, 0) is 11.2 Å². The van der Waals surface area contributed by atoms with Crippen molar-refractivity contribution in [3.63, 3.8) is 0 Å². The molecule has 3 atom stereocenters. The molecule has 106 valence electrons. The Hall–Kier alpha value is -1.20. The summed E-state index contributed by atoms with van der Waals surface area (Å²) < 4.78 is 0. The molecule has 3 rings (SSSR count). The summed E-state index contributed by atoms with van der Waals surface area (Å²) in [6.07, 6.45) is 1.84. The monoisotopic (exact) mass is 306 g/mol. The van der Waals surface area contributed by atoms with Gasteiger partial charge in [-0.1, -0.05) is 6.92 Å². The molecular weight excluding hydrogens is 288 g/mol. The maximum atomic E-state index is 12.2. The second kappa shape index (κ2) is 5.66. The van der Waals surface area contributed by atoms with Gasteiger partial charge in [0.25, 0.3) is 0 Å². The van der Waals surface area contributed by atoms with Crippen LogP contribution in [0, 0.1) is 18.8 Å². The molecule has 1 amide bonds. The fourth-order valence-electron chi connectivity index (χ4n) is 2.34. The molecular formula is C15H18N2OS2. The molecule has 3 nitrogen and oxygen atoms in total. The van der Waals surface area contributed by atoms with Gasteiger partial charge in [0.2, 0.25) is 5.91 Å². The highest BCUT2D eigenvalue weighted by Crippen LogP contribution is 2.38. The molecule has 0 spiro atoms. The second-order valence-corrected chi connectivity index (χ2v) is 7.21. The van der Waals surface area contributed by atoms with Crippen molar-refractivity contribution in [1.29, 1.82) is 0 Å². The quantitative estimate of drug-likeness (QED) is 0.917. The molecule has 0 bridgehead atoms. The summed E-state index contributed by atoms with van der Waals surface area (Å²) in [5.41, 5.74) is 2.28. The largest absolute Gasteiger partial charge is 0.346 e. The molecule has 0 aliphatic heterocycles. The van der Waals surface area contributed by atoms with Crippen LogP contribution in [0.3, 0.4) is 0 Å². The Morgan fingerprint density at radius 1 is 1.55 bits per heavy atom. The van der Waals surface area contributed by atoms with Gasteiger partial charge in [0, 0.05) is 23.4 Å². The van der Waals surface area contributed by atoms with Gasteiger partial charge in [0.05, 0.1) is 6.04 Å². The molecule has 0 radical (unpaired) electrons. The van der Waals surface area contributed by atoms with Crippen molar-refractivity contribution in [3.8, 4) is 0 Å². The number of rotatable bonds is 5. The van der Waals surface area contributed by atoms with Crippen LogP contribution in [-0.4, -0.2) is 10.9 Å². The number of carbonyl (C=O) groups excluding carboxylic acids is 1. The van der Waals surface area contributed by atoms with E-state index in [4.69, 9.17) is 0 Å². The van der Waals surface area contributed by atoms with Crippen molar-refractivity contribution in [2.45, 2.75) is 32.7 Å². The zero-order valence-electron chi connectivity index (χ0n) is 11.6.